The molecule has 0 aliphatic carbocycles. The van der Waals surface area contributed by atoms with Crippen LogP contribution >= 0.6 is 0 Å². The molecule has 0 unspecified atom stereocenters. The van der Waals surface area contributed by atoms with Gasteiger partial charge in [-0.1, -0.05) is 0 Å². The van der Waals surface area contributed by atoms with Crippen molar-refractivity contribution in [1.29, 1.82) is 0 Å². The number of rotatable bonds is 5. The van der Waals surface area contributed by atoms with Crippen LogP contribution in [0.4, 0.5) is 0 Å². The van der Waals surface area contributed by atoms with Crippen LogP contribution in [0, 0.1) is 6.92 Å². The molecule has 13 heavy (non-hydrogen) atoms. The van der Waals surface area contributed by atoms with Crippen molar-refractivity contribution in [2.45, 2.75) is 19.9 Å². The van der Waals surface area contributed by atoms with Gasteiger partial charge >= 0.3 is 0 Å². The minimum Gasteiger partial charge on any atom is -0.469 e. The summed E-state index contributed by atoms with van der Waals surface area (Å²) in [4.78, 5) is 2.17. The van der Waals surface area contributed by atoms with Crippen LogP contribution in [0.3, 0.4) is 0 Å². The van der Waals surface area contributed by atoms with Gasteiger partial charge in [0.25, 0.3) is 0 Å². The van der Waals surface area contributed by atoms with E-state index in [1.165, 1.54) is 5.56 Å². The molecule has 0 aliphatic heterocycles. The van der Waals surface area contributed by atoms with Crippen LogP contribution in [-0.4, -0.2) is 30.2 Å². The molecule has 0 fully saturated rings. The van der Waals surface area contributed by atoms with E-state index in [4.69, 9.17) is 9.52 Å². The van der Waals surface area contributed by atoms with Crippen molar-refractivity contribution < 1.29 is 9.52 Å². The molecule has 0 radical (unpaired) electrons. The second kappa shape index (κ2) is 5.04. The number of aliphatic hydroxyl groups excluding tert-OH is 1. The van der Waals surface area contributed by atoms with E-state index >= 15 is 0 Å². The summed E-state index contributed by atoms with van der Waals surface area (Å²) in [5.41, 5.74) is 1.22. The summed E-state index contributed by atoms with van der Waals surface area (Å²) in [5, 5.41) is 8.65. The summed E-state index contributed by atoms with van der Waals surface area (Å²) >= 11 is 0. The van der Waals surface area contributed by atoms with Gasteiger partial charge in [0.1, 0.15) is 5.76 Å². The molecule has 1 heterocycles. The number of hydrogen-bond donors (Lipinski definition) is 1. The summed E-state index contributed by atoms with van der Waals surface area (Å²) in [7, 11) is 2.04. The predicted octanol–water partition coefficient (Wildman–Crippen LogP) is 1.40. The van der Waals surface area contributed by atoms with Crippen molar-refractivity contribution >= 4 is 0 Å². The van der Waals surface area contributed by atoms with Crippen molar-refractivity contribution in [2.24, 2.45) is 0 Å². The molecular weight excluding hydrogens is 166 g/mol. The maximum absolute atomic E-state index is 8.65. The lowest BCUT2D eigenvalue weighted by Gasteiger charge is -2.14. The molecule has 0 spiro atoms. The molecule has 0 amide bonds. The van der Waals surface area contributed by atoms with Gasteiger partial charge in [0.15, 0.2) is 0 Å². The van der Waals surface area contributed by atoms with Gasteiger partial charge in [-0.3, -0.25) is 0 Å². The van der Waals surface area contributed by atoms with Gasteiger partial charge in [0, 0.05) is 25.3 Å². The zero-order chi connectivity index (χ0) is 9.68. The van der Waals surface area contributed by atoms with Crippen LogP contribution in [0.5, 0.6) is 0 Å². The highest BCUT2D eigenvalue weighted by Gasteiger charge is 2.04. The molecule has 1 aromatic heterocycles. The second-order valence-electron chi connectivity index (χ2n) is 3.32. The quantitative estimate of drug-likeness (QED) is 0.749. The Morgan fingerprint density at radius 1 is 1.54 bits per heavy atom. The van der Waals surface area contributed by atoms with E-state index in [0.717, 1.165) is 25.3 Å². The van der Waals surface area contributed by atoms with Gasteiger partial charge < -0.3 is 14.4 Å². The summed E-state index contributed by atoms with van der Waals surface area (Å²) in [6.45, 7) is 4.04. The van der Waals surface area contributed by atoms with Crippen molar-refractivity contribution in [3.05, 3.63) is 23.7 Å². The monoisotopic (exact) mass is 183 g/mol. The molecule has 0 aliphatic rings. The summed E-state index contributed by atoms with van der Waals surface area (Å²) in [5.74, 6) is 0.982. The second-order valence-corrected chi connectivity index (χ2v) is 3.32. The first kappa shape index (κ1) is 10.3. The SMILES string of the molecule is Cc1occc1CN(C)CCCO. The highest BCUT2D eigenvalue weighted by atomic mass is 16.3. The van der Waals surface area contributed by atoms with E-state index in [-0.39, 0.29) is 6.61 Å². The van der Waals surface area contributed by atoms with Gasteiger partial charge in [0.05, 0.1) is 6.26 Å². The highest BCUT2D eigenvalue weighted by Crippen LogP contribution is 2.10. The van der Waals surface area contributed by atoms with Crippen LogP contribution < -0.4 is 0 Å². The third-order valence-corrected chi connectivity index (χ3v) is 2.10. The lowest BCUT2D eigenvalue weighted by atomic mass is 10.2. The van der Waals surface area contributed by atoms with E-state index in [2.05, 4.69) is 4.90 Å². The van der Waals surface area contributed by atoms with Gasteiger partial charge in [-0.15, -0.1) is 0 Å². The van der Waals surface area contributed by atoms with Gasteiger partial charge in [-0.05, 0) is 26.5 Å². The molecule has 1 rings (SSSR count). The fourth-order valence-electron chi connectivity index (χ4n) is 1.29. The van der Waals surface area contributed by atoms with E-state index in [9.17, 15) is 0 Å². The summed E-state index contributed by atoms with van der Waals surface area (Å²) in [6.07, 6.45) is 2.54. The zero-order valence-corrected chi connectivity index (χ0v) is 8.29. The van der Waals surface area contributed by atoms with Crippen molar-refractivity contribution in [1.82, 2.24) is 4.90 Å². The third kappa shape index (κ3) is 3.20. The van der Waals surface area contributed by atoms with Crippen LogP contribution in [0.25, 0.3) is 0 Å². The first-order valence-electron chi connectivity index (χ1n) is 4.56. The van der Waals surface area contributed by atoms with Crippen LogP contribution in [0.1, 0.15) is 17.7 Å². The Bertz CT molecular complexity index is 245. The number of hydrogen-bond acceptors (Lipinski definition) is 3. The van der Waals surface area contributed by atoms with Crippen LogP contribution in [-0.2, 0) is 6.54 Å². The van der Waals surface area contributed by atoms with Gasteiger partial charge in [0.2, 0.25) is 0 Å². The van der Waals surface area contributed by atoms with Gasteiger partial charge in [-0.25, -0.2) is 0 Å². The average Bonchev–Trinajstić information content (AvgIpc) is 2.48. The van der Waals surface area contributed by atoms with Crippen LogP contribution in [0.2, 0.25) is 0 Å². The highest BCUT2D eigenvalue weighted by molar-refractivity contribution is 5.14. The number of nitrogens with zero attached hydrogens (tertiary/aromatic N) is 1. The Balaban J connectivity index is 2.36. The topological polar surface area (TPSA) is 36.6 Å². The third-order valence-electron chi connectivity index (χ3n) is 2.10. The maximum atomic E-state index is 8.65. The Hall–Kier alpha value is -0.800. The Morgan fingerprint density at radius 3 is 2.85 bits per heavy atom. The number of furan rings is 1. The lowest BCUT2D eigenvalue weighted by Crippen LogP contribution is -2.19. The summed E-state index contributed by atoms with van der Waals surface area (Å²) in [6, 6.07) is 1.99. The normalized spacial score (nSPS) is 11.1. The maximum Gasteiger partial charge on any atom is 0.105 e. The Morgan fingerprint density at radius 2 is 2.31 bits per heavy atom. The molecule has 0 saturated carbocycles. The number of aliphatic hydroxyl groups is 1. The van der Waals surface area contributed by atoms with E-state index in [1.54, 1.807) is 6.26 Å². The fourth-order valence-corrected chi connectivity index (χ4v) is 1.29. The molecule has 3 nitrogen and oxygen atoms in total. The molecule has 1 N–H and O–H groups in total. The van der Waals surface area contributed by atoms with Gasteiger partial charge in [-0.2, -0.15) is 0 Å². The Labute approximate surface area is 79.0 Å². The molecule has 3 heteroatoms. The lowest BCUT2D eigenvalue weighted by molar-refractivity contribution is 0.243. The van der Waals surface area contributed by atoms with E-state index in [1.807, 2.05) is 20.0 Å². The predicted molar refractivity (Wildman–Crippen MR) is 51.5 cm³/mol. The molecule has 0 aromatic carbocycles. The first-order chi connectivity index (χ1) is 6.24. The zero-order valence-electron chi connectivity index (χ0n) is 8.29. The molecular formula is C10H17NO2. The minimum absolute atomic E-state index is 0.259. The van der Waals surface area contributed by atoms with Crippen LogP contribution in [0.15, 0.2) is 16.7 Å². The van der Waals surface area contributed by atoms with Crippen molar-refractivity contribution in [3.8, 4) is 0 Å². The largest absolute Gasteiger partial charge is 0.469 e. The molecule has 1 aromatic rings. The fraction of sp³-hybridized carbons (Fsp3) is 0.600. The minimum atomic E-state index is 0.259. The van der Waals surface area contributed by atoms with Crippen molar-refractivity contribution in [3.63, 3.8) is 0 Å². The van der Waals surface area contributed by atoms with Crippen molar-refractivity contribution in [2.75, 3.05) is 20.2 Å². The van der Waals surface area contributed by atoms with E-state index in [0.29, 0.717) is 0 Å². The standard InChI is InChI=1S/C10H17NO2/c1-9-10(4-7-13-9)8-11(2)5-3-6-12/h4,7,12H,3,5-6,8H2,1-2H3. The molecule has 0 bridgehead atoms. The first-order valence-corrected chi connectivity index (χ1v) is 4.56. The van der Waals surface area contributed by atoms with E-state index < -0.39 is 0 Å². The molecule has 0 saturated heterocycles. The number of aryl methyl sites for hydroxylation is 1. The average molecular weight is 183 g/mol. The molecule has 0 atom stereocenters. The Kier molecular flexibility index (Phi) is 3.99. The summed E-state index contributed by atoms with van der Waals surface area (Å²) < 4.78 is 5.19. The molecule has 74 valence electrons. The smallest absolute Gasteiger partial charge is 0.105 e.